The van der Waals surface area contributed by atoms with Gasteiger partial charge < -0.3 is 11.1 Å². The monoisotopic (exact) mass is 420 g/mol. The van der Waals surface area contributed by atoms with Crippen LogP contribution in [0, 0.1) is 12.8 Å². The lowest BCUT2D eigenvalue weighted by molar-refractivity contribution is -0.126. The van der Waals surface area contributed by atoms with Crippen LogP contribution in [0.5, 0.6) is 0 Å². The van der Waals surface area contributed by atoms with Crippen molar-refractivity contribution in [1.82, 2.24) is 15.2 Å². The van der Waals surface area contributed by atoms with E-state index < -0.39 is 5.91 Å². The Morgan fingerprint density at radius 1 is 1.10 bits per heavy atom. The summed E-state index contributed by atoms with van der Waals surface area (Å²) in [7, 11) is 2.03. The van der Waals surface area contributed by atoms with Crippen molar-refractivity contribution in [1.29, 1.82) is 0 Å². The maximum Gasteiger partial charge on any atom is 0.250 e. The zero-order valence-corrected chi connectivity index (χ0v) is 18.4. The van der Waals surface area contributed by atoms with E-state index in [0.717, 1.165) is 50.9 Å². The molecule has 31 heavy (non-hydrogen) atoms. The molecule has 2 amide bonds. The zero-order valence-electron chi connectivity index (χ0n) is 18.4. The molecule has 0 radical (unpaired) electrons. The lowest BCUT2D eigenvalue weighted by Crippen LogP contribution is -2.49. The molecule has 1 atom stereocenters. The number of likely N-dealkylation sites (N-methyl/N-ethyl adjacent to an activating group) is 1. The van der Waals surface area contributed by atoms with Gasteiger partial charge in [0.05, 0.1) is 17.3 Å². The first kappa shape index (κ1) is 21.5. The lowest BCUT2D eigenvalue weighted by Gasteiger charge is -2.34. The predicted molar refractivity (Wildman–Crippen MR) is 121 cm³/mol. The highest BCUT2D eigenvalue weighted by molar-refractivity contribution is 5.93. The smallest absolute Gasteiger partial charge is 0.250 e. The van der Waals surface area contributed by atoms with Crippen molar-refractivity contribution in [3.05, 3.63) is 64.5 Å². The van der Waals surface area contributed by atoms with Gasteiger partial charge in [-0.1, -0.05) is 24.3 Å². The Hall–Kier alpha value is -2.73. The number of primary amides is 1. The summed E-state index contributed by atoms with van der Waals surface area (Å²) in [5.74, 6) is 0.627. The minimum atomic E-state index is -0.428. The van der Waals surface area contributed by atoms with Gasteiger partial charge in [0, 0.05) is 24.7 Å². The van der Waals surface area contributed by atoms with Crippen LogP contribution in [0.1, 0.15) is 64.5 Å². The SMILES string of the molecule is Cc1nc(C2CCC(CNC(=O)[C@@H]3Cc4ccccc4CN3C)CC2)ccc1C(N)=O. The number of hydrogen-bond acceptors (Lipinski definition) is 4. The highest BCUT2D eigenvalue weighted by atomic mass is 16.2. The molecule has 1 aromatic carbocycles. The molecule has 2 heterocycles. The van der Waals surface area contributed by atoms with Crippen LogP contribution >= 0.6 is 0 Å². The molecule has 0 spiro atoms. The third-order valence-corrected chi connectivity index (χ3v) is 6.99. The molecule has 2 aromatic rings. The number of nitrogens with zero attached hydrogens (tertiary/aromatic N) is 2. The number of hydrogen-bond donors (Lipinski definition) is 2. The third-order valence-electron chi connectivity index (χ3n) is 6.99. The molecule has 164 valence electrons. The molecule has 1 aliphatic heterocycles. The topological polar surface area (TPSA) is 88.3 Å². The molecule has 1 fully saturated rings. The number of benzene rings is 1. The summed E-state index contributed by atoms with van der Waals surface area (Å²) in [5, 5.41) is 3.22. The first-order chi connectivity index (χ1) is 14.9. The predicted octanol–water partition coefficient (Wildman–Crippen LogP) is 2.94. The number of fused-ring (bicyclic) bond motifs is 1. The Morgan fingerprint density at radius 2 is 1.81 bits per heavy atom. The normalized spacial score (nSPS) is 23.7. The van der Waals surface area contributed by atoms with E-state index >= 15 is 0 Å². The summed E-state index contributed by atoms with van der Waals surface area (Å²) in [6.45, 7) is 3.40. The fourth-order valence-electron chi connectivity index (χ4n) is 5.04. The fourth-order valence-corrected chi connectivity index (χ4v) is 5.04. The van der Waals surface area contributed by atoms with Gasteiger partial charge in [-0.05, 0) is 75.3 Å². The molecule has 2 aliphatic rings. The van der Waals surface area contributed by atoms with E-state index in [1.165, 1.54) is 11.1 Å². The van der Waals surface area contributed by atoms with E-state index in [1.807, 2.05) is 20.0 Å². The van der Waals surface area contributed by atoms with Gasteiger partial charge in [-0.25, -0.2) is 0 Å². The van der Waals surface area contributed by atoms with Crippen LogP contribution in [0.3, 0.4) is 0 Å². The Kier molecular flexibility index (Phi) is 6.37. The van der Waals surface area contributed by atoms with Crippen molar-refractivity contribution < 1.29 is 9.59 Å². The van der Waals surface area contributed by atoms with Gasteiger partial charge in [0.25, 0.3) is 5.91 Å². The first-order valence-corrected chi connectivity index (χ1v) is 11.2. The summed E-state index contributed by atoms with van der Waals surface area (Å²) in [6, 6.07) is 12.0. The quantitative estimate of drug-likeness (QED) is 0.778. The number of nitrogens with one attached hydrogen (secondary N) is 1. The van der Waals surface area contributed by atoms with Crippen molar-refractivity contribution >= 4 is 11.8 Å². The average Bonchev–Trinajstić information content (AvgIpc) is 2.77. The lowest BCUT2D eigenvalue weighted by atomic mass is 9.80. The van der Waals surface area contributed by atoms with Crippen LogP contribution in [-0.4, -0.2) is 41.3 Å². The highest BCUT2D eigenvalue weighted by Gasteiger charge is 2.30. The molecule has 0 bridgehead atoms. The molecule has 3 N–H and O–H groups in total. The van der Waals surface area contributed by atoms with Crippen LogP contribution in [-0.2, 0) is 17.8 Å². The third kappa shape index (κ3) is 4.79. The Morgan fingerprint density at radius 3 is 2.48 bits per heavy atom. The molecule has 6 nitrogen and oxygen atoms in total. The number of amides is 2. The number of carbonyl (C=O) groups excluding carboxylic acids is 2. The molecular formula is C25H32N4O2. The van der Waals surface area contributed by atoms with E-state index in [0.29, 0.717) is 23.1 Å². The minimum absolute atomic E-state index is 0.0952. The summed E-state index contributed by atoms with van der Waals surface area (Å²) in [4.78, 5) is 31.1. The highest BCUT2D eigenvalue weighted by Crippen LogP contribution is 2.35. The Bertz CT molecular complexity index is 966. The summed E-state index contributed by atoms with van der Waals surface area (Å²) in [5.41, 5.74) is 10.2. The number of aryl methyl sites for hydroxylation is 1. The van der Waals surface area contributed by atoms with Gasteiger partial charge in [-0.2, -0.15) is 0 Å². The van der Waals surface area contributed by atoms with Crippen LogP contribution in [0.2, 0.25) is 0 Å². The average molecular weight is 421 g/mol. The molecule has 1 aromatic heterocycles. The van der Waals surface area contributed by atoms with Crippen molar-refractivity contribution in [3.63, 3.8) is 0 Å². The van der Waals surface area contributed by atoms with E-state index in [9.17, 15) is 9.59 Å². The molecule has 1 aliphatic carbocycles. The van der Waals surface area contributed by atoms with Crippen molar-refractivity contribution in [2.24, 2.45) is 11.7 Å². The molecule has 0 unspecified atom stereocenters. The van der Waals surface area contributed by atoms with E-state index in [2.05, 4.69) is 39.5 Å². The van der Waals surface area contributed by atoms with Crippen molar-refractivity contribution in [2.45, 2.75) is 57.5 Å². The molecule has 0 saturated heterocycles. The maximum atomic E-state index is 12.9. The molecule has 6 heteroatoms. The van der Waals surface area contributed by atoms with E-state index in [1.54, 1.807) is 6.07 Å². The second-order valence-corrected chi connectivity index (χ2v) is 9.10. The molecule has 1 saturated carbocycles. The zero-order chi connectivity index (χ0) is 22.0. The van der Waals surface area contributed by atoms with Gasteiger partial charge in [0.2, 0.25) is 5.91 Å². The fraction of sp³-hybridized carbons (Fsp3) is 0.480. The van der Waals surface area contributed by atoms with Gasteiger partial charge in [-0.3, -0.25) is 19.5 Å². The van der Waals surface area contributed by atoms with Gasteiger partial charge in [-0.15, -0.1) is 0 Å². The van der Waals surface area contributed by atoms with Crippen LogP contribution in [0.15, 0.2) is 36.4 Å². The Labute approximate surface area is 184 Å². The number of nitrogens with two attached hydrogens (primary N) is 1. The molecule has 4 rings (SSSR count). The number of pyridine rings is 1. The van der Waals surface area contributed by atoms with Gasteiger partial charge in [0.15, 0.2) is 0 Å². The minimum Gasteiger partial charge on any atom is -0.366 e. The maximum absolute atomic E-state index is 12.9. The number of rotatable bonds is 5. The number of carbonyl (C=O) groups is 2. The van der Waals surface area contributed by atoms with Crippen molar-refractivity contribution in [2.75, 3.05) is 13.6 Å². The van der Waals surface area contributed by atoms with Crippen LogP contribution < -0.4 is 11.1 Å². The van der Waals surface area contributed by atoms with E-state index in [4.69, 9.17) is 5.73 Å². The largest absolute Gasteiger partial charge is 0.366 e. The van der Waals surface area contributed by atoms with Gasteiger partial charge >= 0.3 is 0 Å². The second kappa shape index (κ2) is 9.18. The number of aromatic nitrogens is 1. The Balaban J connectivity index is 1.27. The summed E-state index contributed by atoms with van der Waals surface area (Å²) < 4.78 is 0. The second-order valence-electron chi connectivity index (χ2n) is 9.10. The van der Waals surface area contributed by atoms with Gasteiger partial charge in [0.1, 0.15) is 0 Å². The summed E-state index contributed by atoms with van der Waals surface area (Å²) >= 11 is 0. The van der Waals surface area contributed by atoms with E-state index in [-0.39, 0.29) is 11.9 Å². The molecular weight excluding hydrogens is 388 g/mol. The van der Waals surface area contributed by atoms with Crippen LogP contribution in [0.25, 0.3) is 0 Å². The van der Waals surface area contributed by atoms with Crippen LogP contribution in [0.4, 0.5) is 0 Å². The standard InChI is InChI=1S/C25H32N4O2/c1-16-21(24(26)30)11-12-22(28-16)18-9-7-17(8-10-18)14-27-25(31)23-13-19-5-3-4-6-20(19)15-29(23)2/h3-6,11-12,17-18,23H,7-10,13-15H2,1-2H3,(H2,26,30)(H,27,31)/t17?,18?,23-/m0/s1. The van der Waals surface area contributed by atoms with Crippen molar-refractivity contribution in [3.8, 4) is 0 Å². The first-order valence-electron chi connectivity index (χ1n) is 11.2. The summed E-state index contributed by atoms with van der Waals surface area (Å²) in [6.07, 6.45) is 5.04.